The molecular weight excluding hydrogens is 238 g/mol. The second-order valence-electron chi connectivity index (χ2n) is 3.81. The molecule has 16 heavy (non-hydrogen) atoms. The third-order valence-corrected chi connectivity index (χ3v) is 8.85. The Labute approximate surface area is 104 Å². The van der Waals surface area contributed by atoms with E-state index >= 15 is 0 Å². The molecule has 0 aliphatic heterocycles. The van der Waals surface area contributed by atoms with E-state index in [1.807, 2.05) is 20.8 Å². The third-order valence-electron chi connectivity index (χ3n) is 2.29. The van der Waals surface area contributed by atoms with Crippen molar-refractivity contribution >= 4 is 18.6 Å². The smallest absolute Gasteiger partial charge is 0.405 e. The van der Waals surface area contributed by atoms with Gasteiger partial charge in [-0.15, -0.1) is 0 Å². The lowest BCUT2D eigenvalue weighted by Crippen LogP contribution is -2.56. The van der Waals surface area contributed by atoms with Gasteiger partial charge in [0.15, 0.2) is 0 Å². The Kier molecular flexibility index (Phi) is 9.48. The van der Waals surface area contributed by atoms with Crippen LogP contribution in [0.15, 0.2) is 0 Å². The van der Waals surface area contributed by atoms with Crippen molar-refractivity contribution in [3.8, 4) is 0 Å². The molecule has 0 saturated heterocycles. The summed E-state index contributed by atoms with van der Waals surface area (Å²) < 4.78 is 19.7. The molecule has 6 heteroatoms. The molecule has 0 heterocycles. The molecule has 0 fully saturated rings. The average molecular weight is 266 g/mol. The van der Waals surface area contributed by atoms with Gasteiger partial charge in [-0.1, -0.05) is 13.8 Å². The third kappa shape index (κ3) is 5.56. The van der Waals surface area contributed by atoms with E-state index in [0.29, 0.717) is 19.3 Å². The van der Waals surface area contributed by atoms with Gasteiger partial charge in [0.05, 0.1) is 0 Å². The fourth-order valence-corrected chi connectivity index (χ4v) is 6.81. The first-order valence-electron chi connectivity index (χ1n) is 6.20. The van der Waals surface area contributed by atoms with Gasteiger partial charge >= 0.3 is 9.45 Å². The Bertz CT molecular complexity index is 166. The summed E-state index contributed by atoms with van der Waals surface area (Å²) in [6.07, 6.45) is 0. The number of hydrogen-bond acceptors (Lipinski definition) is 4. The highest BCUT2D eigenvalue weighted by Crippen LogP contribution is 2.09. The molecule has 0 amide bonds. The van der Waals surface area contributed by atoms with Crippen molar-refractivity contribution in [1.82, 2.24) is 4.23 Å². The van der Waals surface area contributed by atoms with Crippen LogP contribution in [-0.4, -0.2) is 48.7 Å². The van der Waals surface area contributed by atoms with Gasteiger partial charge in [0.1, 0.15) is 0 Å². The Morgan fingerprint density at radius 2 is 1.38 bits per heavy atom. The van der Waals surface area contributed by atoms with Crippen LogP contribution in [0.1, 0.15) is 34.6 Å². The maximum Gasteiger partial charge on any atom is 0.405 e. The minimum Gasteiger partial charge on any atom is -0.406 e. The molecule has 1 atom stereocenters. The van der Waals surface area contributed by atoms with E-state index in [4.69, 9.17) is 13.3 Å². The van der Waals surface area contributed by atoms with Gasteiger partial charge < -0.3 is 13.3 Å². The fourth-order valence-electron chi connectivity index (χ4n) is 1.67. The van der Waals surface area contributed by atoms with Crippen molar-refractivity contribution in [1.29, 1.82) is 0 Å². The molecule has 0 bridgehead atoms. The van der Waals surface area contributed by atoms with Crippen molar-refractivity contribution in [2.45, 2.75) is 47.2 Å². The van der Waals surface area contributed by atoms with Crippen LogP contribution in [0, 0.1) is 0 Å². The zero-order valence-corrected chi connectivity index (χ0v) is 13.8. The molecule has 0 aromatic carbocycles. The van der Waals surface area contributed by atoms with Crippen molar-refractivity contribution in [3.05, 3.63) is 0 Å². The van der Waals surface area contributed by atoms with Crippen molar-refractivity contribution in [2.24, 2.45) is 0 Å². The molecule has 0 aromatic heterocycles. The zero-order valence-electron chi connectivity index (χ0n) is 11.5. The number of nitrogens with zero attached hydrogens (tertiary/aromatic N) is 1. The molecule has 0 N–H and O–H groups in total. The highest BCUT2D eigenvalue weighted by Gasteiger charge is 2.31. The Morgan fingerprint density at radius 3 is 1.69 bits per heavy atom. The molecule has 0 spiro atoms. The molecule has 98 valence electrons. The highest BCUT2D eigenvalue weighted by molar-refractivity contribution is 6.62. The Hall–Kier alpha value is 0.274. The highest BCUT2D eigenvalue weighted by atomic mass is 28.4. The average Bonchev–Trinajstić information content (AvgIpc) is 2.18. The van der Waals surface area contributed by atoms with Gasteiger partial charge in [0.2, 0.25) is 9.20 Å². The lowest BCUT2D eigenvalue weighted by molar-refractivity contribution is 0.160. The van der Waals surface area contributed by atoms with Crippen LogP contribution in [0.5, 0.6) is 0 Å². The predicted octanol–water partition coefficient (Wildman–Crippen LogP) is 1.37. The van der Waals surface area contributed by atoms with E-state index < -0.39 is 18.6 Å². The van der Waals surface area contributed by atoms with Gasteiger partial charge in [-0.05, 0) is 33.4 Å². The summed E-state index contributed by atoms with van der Waals surface area (Å²) in [5.74, 6) is 0. The largest absolute Gasteiger partial charge is 0.406 e. The summed E-state index contributed by atoms with van der Waals surface area (Å²) in [6.45, 7) is 14.8. The second kappa shape index (κ2) is 9.32. The van der Waals surface area contributed by atoms with Crippen LogP contribution >= 0.6 is 0 Å². The van der Waals surface area contributed by atoms with E-state index in [9.17, 15) is 0 Å². The SMILES string of the molecule is CCO[SiH](C)N(C(C)C)[SiH](OCC)OCC. The maximum atomic E-state index is 5.78. The van der Waals surface area contributed by atoms with Gasteiger partial charge in [0.25, 0.3) is 0 Å². The van der Waals surface area contributed by atoms with Crippen LogP contribution in [0.25, 0.3) is 0 Å². The van der Waals surface area contributed by atoms with Gasteiger partial charge in [-0.3, -0.25) is 4.23 Å². The molecule has 0 saturated carbocycles. The van der Waals surface area contributed by atoms with Crippen LogP contribution in [0.2, 0.25) is 6.55 Å². The van der Waals surface area contributed by atoms with E-state index in [-0.39, 0.29) is 0 Å². The van der Waals surface area contributed by atoms with Crippen LogP contribution in [-0.2, 0) is 13.3 Å². The van der Waals surface area contributed by atoms with Crippen molar-refractivity contribution < 1.29 is 13.3 Å². The topological polar surface area (TPSA) is 30.9 Å². The lowest BCUT2D eigenvalue weighted by atomic mass is 10.4. The Morgan fingerprint density at radius 1 is 0.938 bits per heavy atom. The summed E-state index contributed by atoms with van der Waals surface area (Å²) in [6, 6.07) is 0.433. The quantitative estimate of drug-likeness (QED) is 0.589. The van der Waals surface area contributed by atoms with Gasteiger partial charge in [-0.2, -0.15) is 0 Å². The first-order chi connectivity index (χ1) is 7.58. The standard InChI is InChI=1S/C10H27NO3Si2/c1-7-12-15(6)11(10(4)5)16(13-8-2)14-9-3/h10,15-16H,7-9H2,1-6H3. The summed E-state index contributed by atoms with van der Waals surface area (Å²) in [7, 11) is -3.08. The van der Waals surface area contributed by atoms with E-state index in [1.54, 1.807) is 0 Å². The summed E-state index contributed by atoms with van der Waals surface area (Å²) in [4.78, 5) is 0. The molecule has 0 aliphatic rings. The minimum absolute atomic E-state index is 0.433. The van der Waals surface area contributed by atoms with Crippen LogP contribution in [0.4, 0.5) is 0 Å². The molecule has 4 nitrogen and oxygen atoms in total. The second-order valence-corrected chi connectivity index (χ2v) is 8.41. The van der Waals surface area contributed by atoms with E-state index in [0.717, 1.165) is 6.61 Å². The number of hydrogen-bond donors (Lipinski definition) is 0. The predicted molar refractivity (Wildman–Crippen MR) is 72.0 cm³/mol. The van der Waals surface area contributed by atoms with Crippen molar-refractivity contribution in [2.75, 3.05) is 19.8 Å². The maximum absolute atomic E-state index is 5.78. The molecule has 0 rings (SSSR count). The van der Waals surface area contributed by atoms with E-state index in [1.165, 1.54) is 0 Å². The van der Waals surface area contributed by atoms with Gasteiger partial charge in [0, 0.05) is 19.8 Å². The summed E-state index contributed by atoms with van der Waals surface area (Å²) in [5.41, 5.74) is 0. The lowest BCUT2D eigenvalue weighted by Gasteiger charge is -2.35. The van der Waals surface area contributed by atoms with E-state index in [2.05, 4.69) is 24.6 Å². The van der Waals surface area contributed by atoms with Crippen LogP contribution in [0.3, 0.4) is 0 Å². The molecule has 0 aromatic rings. The summed E-state index contributed by atoms with van der Waals surface area (Å²) >= 11 is 0. The molecule has 0 radical (unpaired) electrons. The van der Waals surface area contributed by atoms with Crippen LogP contribution < -0.4 is 0 Å². The Balaban J connectivity index is 4.55. The number of rotatable bonds is 9. The first-order valence-corrected chi connectivity index (χ1v) is 9.80. The summed E-state index contributed by atoms with van der Waals surface area (Å²) in [5, 5.41) is 0. The monoisotopic (exact) mass is 265 g/mol. The molecule has 0 aliphatic carbocycles. The fraction of sp³-hybridized carbons (Fsp3) is 1.00. The normalized spacial score (nSPS) is 14.1. The molecular formula is C10H27NO3Si2. The van der Waals surface area contributed by atoms with Crippen molar-refractivity contribution in [3.63, 3.8) is 0 Å². The minimum atomic E-state index is -1.73. The van der Waals surface area contributed by atoms with Gasteiger partial charge in [-0.25, -0.2) is 0 Å². The zero-order chi connectivity index (χ0) is 12.6. The molecule has 1 unspecified atom stereocenters. The first kappa shape index (κ1) is 16.3.